The lowest BCUT2D eigenvalue weighted by atomic mass is 9.97. The van der Waals surface area contributed by atoms with Gasteiger partial charge in [0.25, 0.3) is 11.5 Å². The minimum absolute atomic E-state index is 0.100. The molecule has 0 saturated carbocycles. The number of hydrogen-bond donors (Lipinski definition) is 2. The van der Waals surface area contributed by atoms with Gasteiger partial charge in [-0.25, -0.2) is 0 Å². The first-order chi connectivity index (χ1) is 16.4. The quantitative estimate of drug-likeness (QED) is 0.437. The minimum atomic E-state index is -0.342. The molecule has 0 unspecified atom stereocenters. The van der Waals surface area contributed by atoms with Crippen LogP contribution in [0.3, 0.4) is 0 Å². The monoisotopic (exact) mass is 455 g/mol. The smallest absolute Gasteiger partial charge is 0.277 e. The van der Waals surface area contributed by atoms with E-state index in [1.165, 1.54) is 4.57 Å². The van der Waals surface area contributed by atoms with E-state index in [1.807, 2.05) is 69.3 Å². The van der Waals surface area contributed by atoms with Crippen molar-refractivity contribution in [2.75, 3.05) is 6.61 Å². The van der Waals surface area contributed by atoms with Crippen molar-refractivity contribution in [3.63, 3.8) is 0 Å². The van der Waals surface area contributed by atoms with E-state index < -0.39 is 0 Å². The highest BCUT2D eigenvalue weighted by Gasteiger charge is 2.24. The van der Waals surface area contributed by atoms with Gasteiger partial charge < -0.3 is 15.0 Å². The Bertz CT molecular complexity index is 1370. The molecule has 0 saturated heterocycles. The van der Waals surface area contributed by atoms with Crippen LogP contribution in [0, 0.1) is 19.8 Å². The third-order valence-corrected chi connectivity index (χ3v) is 5.85. The molecule has 34 heavy (non-hydrogen) atoms. The van der Waals surface area contributed by atoms with E-state index in [4.69, 9.17) is 0 Å². The van der Waals surface area contributed by atoms with Crippen LogP contribution in [0.25, 0.3) is 22.0 Å². The van der Waals surface area contributed by atoms with E-state index in [0.717, 1.165) is 22.3 Å². The van der Waals surface area contributed by atoms with Crippen LogP contribution in [0.5, 0.6) is 0 Å². The van der Waals surface area contributed by atoms with Crippen LogP contribution >= 0.6 is 0 Å². The number of nitrogens with one attached hydrogen (secondary N) is 1. The van der Waals surface area contributed by atoms with Gasteiger partial charge >= 0.3 is 0 Å². The van der Waals surface area contributed by atoms with E-state index in [0.29, 0.717) is 23.0 Å². The molecule has 1 amide bonds. The van der Waals surface area contributed by atoms with Gasteiger partial charge in [0.1, 0.15) is 11.2 Å². The van der Waals surface area contributed by atoms with E-state index in [1.54, 1.807) is 12.3 Å². The van der Waals surface area contributed by atoms with E-state index in [9.17, 15) is 14.7 Å². The Hall–Kier alpha value is -3.77. The molecule has 0 aliphatic heterocycles. The summed E-state index contributed by atoms with van der Waals surface area (Å²) < 4.78 is 1.47. The lowest BCUT2D eigenvalue weighted by Crippen LogP contribution is -2.35. The van der Waals surface area contributed by atoms with Crippen LogP contribution in [-0.2, 0) is 13.1 Å². The number of aromatic nitrogens is 2. The number of carbonyl (C=O) groups is 1. The zero-order valence-electron chi connectivity index (χ0n) is 19.7. The Kier molecular flexibility index (Phi) is 6.89. The van der Waals surface area contributed by atoms with Crippen LogP contribution in [0.1, 0.15) is 34.1 Å². The maximum Gasteiger partial charge on any atom is 0.277 e. The van der Waals surface area contributed by atoms with Crippen molar-refractivity contribution in [2.24, 2.45) is 5.92 Å². The molecule has 0 aliphatic rings. The maximum atomic E-state index is 13.7. The van der Waals surface area contributed by atoms with Gasteiger partial charge in [0.05, 0.1) is 0 Å². The third kappa shape index (κ3) is 4.77. The summed E-state index contributed by atoms with van der Waals surface area (Å²) in [6.07, 6.45) is 1.58. The Morgan fingerprint density at radius 2 is 1.76 bits per heavy atom. The number of aryl methyl sites for hydroxylation is 2. The number of benzene rings is 2. The molecule has 1 atom stereocenters. The van der Waals surface area contributed by atoms with Crippen LogP contribution in [0.15, 0.2) is 71.7 Å². The number of aliphatic hydroxyl groups is 1. The lowest BCUT2D eigenvalue weighted by Gasteiger charge is -2.21. The molecule has 4 aromatic rings. The Balaban J connectivity index is 1.91. The van der Waals surface area contributed by atoms with Crippen LogP contribution < -0.4 is 10.9 Å². The molecule has 0 aliphatic carbocycles. The summed E-state index contributed by atoms with van der Waals surface area (Å²) >= 11 is 0. The molecular formula is C28H29N3O3. The number of hydrogen-bond acceptors (Lipinski definition) is 4. The standard InChI is InChI=1S/C28H29N3O3/c1-18-12-19(2)14-21(13-18)15-30-27(33)26-24(22-8-5-4-6-9-22)23-10-7-11-29-25(23)28(34)31(26)16-20(3)17-32/h4-14,20,32H,15-17H2,1-3H3,(H,30,33)/t20-/m1/s1. The topological polar surface area (TPSA) is 84.2 Å². The summed E-state index contributed by atoms with van der Waals surface area (Å²) in [5.74, 6) is -0.556. The highest BCUT2D eigenvalue weighted by atomic mass is 16.3. The van der Waals surface area contributed by atoms with Crippen LogP contribution in [0.2, 0.25) is 0 Å². The Labute approximate surface area is 198 Å². The van der Waals surface area contributed by atoms with Crippen LogP contribution in [-0.4, -0.2) is 27.2 Å². The average Bonchev–Trinajstić information content (AvgIpc) is 2.84. The second-order valence-corrected chi connectivity index (χ2v) is 8.87. The second kappa shape index (κ2) is 10.0. The zero-order chi connectivity index (χ0) is 24.2. The number of carbonyl (C=O) groups excluding carboxylic acids is 1. The Morgan fingerprint density at radius 3 is 2.44 bits per heavy atom. The molecule has 0 bridgehead atoms. The maximum absolute atomic E-state index is 13.7. The number of fused-ring (bicyclic) bond motifs is 1. The fraction of sp³-hybridized carbons (Fsp3) is 0.250. The number of aliphatic hydroxyl groups excluding tert-OH is 1. The molecule has 174 valence electrons. The van der Waals surface area contributed by atoms with Gasteiger partial charge in [-0.1, -0.05) is 72.6 Å². The van der Waals surface area contributed by atoms with Crippen molar-refractivity contribution < 1.29 is 9.90 Å². The molecule has 0 spiro atoms. The average molecular weight is 456 g/mol. The highest BCUT2D eigenvalue weighted by Crippen LogP contribution is 2.30. The summed E-state index contributed by atoms with van der Waals surface area (Å²) in [4.78, 5) is 31.6. The first-order valence-corrected chi connectivity index (χ1v) is 11.4. The van der Waals surface area contributed by atoms with E-state index in [-0.39, 0.29) is 36.2 Å². The zero-order valence-corrected chi connectivity index (χ0v) is 19.7. The summed E-state index contributed by atoms with van der Waals surface area (Å²) in [7, 11) is 0. The highest BCUT2D eigenvalue weighted by molar-refractivity contribution is 6.07. The number of amides is 1. The number of nitrogens with zero attached hydrogens (tertiary/aromatic N) is 2. The molecule has 2 heterocycles. The van der Waals surface area contributed by atoms with Crippen molar-refractivity contribution in [1.29, 1.82) is 0 Å². The van der Waals surface area contributed by atoms with Crippen LogP contribution in [0.4, 0.5) is 0 Å². The molecule has 4 rings (SSSR count). The Morgan fingerprint density at radius 1 is 1.06 bits per heavy atom. The lowest BCUT2D eigenvalue weighted by molar-refractivity contribution is 0.0938. The van der Waals surface area contributed by atoms with Crippen molar-refractivity contribution >= 4 is 16.8 Å². The molecule has 6 heteroatoms. The van der Waals surface area contributed by atoms with Crippen molar-refractivity contribution in [3.05, 3.63) is 99.6 Å². The van der Waals surface area contributed by atoms with Gasteiger partial charge in [-0.05, 0) is 37.0 Å². The summed E-state index contributed by atoms with van der Waals surface area (Å²) in [5.41, 5.74) is 4.96. The van der Waals surface area contributed by atoms with E-state index in [2.05, 4.69) is 16.4 Å². The van der Waals surface area contributed by atoms with Gasteiger partial charge in [-0.15, -0.1) is 0 Å². The SMILES string of the molecule is Cc1cc(C)cc(CNC(=O)c2c(-c3ccccc3)c3cccnc3c(=O)n2C[C@@H](C)CO)c1. The number of pyridine rings is 2. The third-order valence-electron chi connectivity index (χ3n) is 5.85. The largest absolute Gasteiger partial charge is 0.396 e. The fourth-order valence-corrected chi connectivity index (χ4v) is 4.38. The van der Waals surface area contributed by atoms with Gasteiger partial charge in [0.2, 0.25) is 0 Å². The summed E-state index contributed by atoms with van der Waals surface area (Å²) in [5, 5.41) is 13.3. The molecular weight excluding hydrogens is 426 g/mol. The molecule has 2 aromatic carbocycles. The first kappa shape index (κ1) is 23.4. The predicted molar refractivity (Wildman–Crippen MR) is 135 cm³/mol. The van der Waals surface area contributed by atoms with Gasteiger partial charge in [-0.3, -0.25) is 14.6 Å². The van der Waals surface area contributed by atoms with Crippen molar-refractivity contribution in [3.8, 4) is 11.1 Å². The fourth-order valence-electron chi connectivity index (χ4n) is 4.38. The minimum Gasteiger partial charge on any atom is -0.396 e. The van der Waals surface area contributed by atoms with Gasteiger partial charge in [0, 0.05) is 36.8 Å². The van der Waals surface area contributed by atoms with Crippen molar-refractivity contribution in [2.45, 2.75) is 33.9 Å². The summed E-state index contributed by atoms with van der Waals surface area (Å²) in [6, 6.07) is 19.3. The normalized spacial score (nSPS) is 12.0. The molecule has 2 N–H and O–H groups in total. The van der Waals surface area contributed by atoms with Gasteiger partial charge in [0.15, 0.2) is 0 Å². The number of rotatable bonds is 7. The molecule has 6 nitrogen and oxygen atoms in total. The van der Waals surface area contributed by atoms with Crippen molar-refractivity contribution in [1.82, 2.24) is 14.9 Å². The van der Waals surface area contributed by atoms with Gasteiger partial charge in [-0.2, -0.15) is 0 Å². The first-order valence-electron chi connectivity index (χ1n) is 11.4. The predicted octanol–water partition coefficient (Wildman–Crippen LogP) is 4.24. The molecule has 2 aromatic heterocycles. The summed E-state index contributed by atoms with van der Waals surface area (Å²) in [6.45, 7) is 6.33. The molecule has 0 radical (unpaired) electrons. The second-order valence-electron chi connectivity index (χ2n) is 8.87. The van der Waals surface area contributed by atoms with E-state index >= 15 is 0 Å². The molecule has 0 fully saturated rings.